The maximum atomic E-state index is 13.3. The minimum atomic E-state index is -0.703. The highest BCUT2D eigenvalue weighted by atomic mass is 19.1. The molecule has 3 N–H and O–H groups in total. The molecule has 0 saturated carbocycles. The summed E-state index contributed by atoms with van der Waals surface area (Å²) in [6, 6.07) is 14.0. The van der Waals surface area contributed by atoms with Crippen LogP contribution in [0.3, 0.4) is 0 Å². The molecule has 0 amide bonds. The van der Waals surface area contributed by atoms with Gasteiger partial charge in [-0.15, -0.1) is 0 Å². The summed E-state index contributed by atoms with van der Waals surface area (Å²) in [6.45, 7) is 1.63. The van der Waals surface area contributed by atoms with Crippen LogP contribution in [0.1, 0.15) is 6.92 Å². The number of aliphatic hydroxyl groups excluding tert-OH is 1. The van der Waals surface area contributed by atoms with Gasteiger partial charge in [-0.3, -0.25) is 4.98 Å². The Morgan fingerprint density at radius 3 is 2.42 bits per heavy atom. The second kappa shape index (κ2) is 6.57. The lowest BCUT2D eigenvalue weighted by molar-refractivity contribution is 0.224. The van der Waals surface area contributed by atoms with Gasteiger partial charge in [0, 0.05) is 23.3 Å². The molecule has 1 atom stereocenters. The number of hydrogen-bond donors (Lipinski definition) is 3. The summed E-state index contributed by atoms with van der Waals surface area (Å²) < 4.78 is 13.3. The van der Waals surface area contributed by atoms with Gasteiger partial charge in [-0.2, -0.15) is 0 Å². The van der Waals surface area contributed by atoms with Crippen LogP contribution in [0, 0.1) is 5.82 Å². The number of aromatic amines is 1. The minimum absolute atomic E-state index is 0.281. The number of benzene rings is 1. The summed E-state index contributed by atoms with van der Waals surface area (Å²) in [5.41, 5.74) is 4.37. The molecule has 0 radical (unpaired) electrons. The van der Waals surface area contributed by atoms with E-state index in [1.54, 1.807) is 31.5 Å². The molecule has 3 aromatic heterocycles. The van der Waals surface area contributed by atoms with E-state index in [1.165, 1.54) is 12.1 Å². The number of aromatic nitrogens is 3. The molecular formula is C20H17FN4O. The van der Waals surface area contributed by atoms with Gasteiger partial charge in [0.05, 0.1) is 5.69 Å². The fourth-order valence-corrected chi connectivity index (χ4v) is 3.02. The predicted octanol–water partition coefficient (Wildman–Crippen LogP) is 4.18. The SMILES string of the molecule is CC(O)Nc1ccc2c(-c3ccncc3)c(-c3ccc(F)cc3)[nH]c2n1. The molecule has 0 spiro atoms. The predicted molar refractivity (Wildman–Crippen MR) is 100 cm³/mol. The summed E-state index contributed by atoms with van der Waals surface area (Å²) in [5, 5.41) is 13.3. The lowest BCUT2D eigenvalue weighted by Crippen LogP contribution is -2.14. The van der Waals surface area contributed by atoms with E-state index >= 15 is 0 Å². The van der Waals surface area contributed by atoms with Gasteiger partial charge in [0.25, 0.3) is 0 Å². The average molecular weight is 348 g/mol. The zero-order valence-electron chi connectivity index (χ0n) is 14.1. The van der Waals surface area contributed by atoms with E-state index in [0.29, 0.717) is 11.5 Å². The van der Waals surface area contributed by atoms with Crippen LogP contribution in [0.25, 0.3) is 33.4 Å². The van der Waals surface area contributed by atoms with Crippen molar-refractivity contribution in [2.75, 3.05) is 5.32 Å². The van der Waals surface area contributed by atoms with Gasteiger partial charge in [0.1, 0.15) is 23.5 Å². The molecule has 0 saturated heterocycles. The number of nitrogens with one attached hydrogen (secondary N) is 2. The number of halogens is 1. The number of nitrogens with zero attached hydrogens (tertiary/aromatic N) is 2. The van der Waals surface area contributed by atoms with E-state index in [9.17, 15) is 9.50 Å². The molecule has 4 rings (SSSR count). The number of hydrogen-bond acceptors (Lipinski definition) is 4. The molecular weight excluding hydrogens is 331 g/mol. The van der Waals surface area contributed by atoms with Crippen molar-refractivity contribution >= 4 is 16.9 Å². The third kappa shape index (κ3) is 3.02. The van der Waals surface area contributed by atoms with Crippen molar-refractivity contribution in [3.8, 4) is 22.4 Å². The maximum absolute atomic E-state index is 13.3. The summed E-state index contributed by atoms with van der Waals surface area (Å²) in [7, 11) is 0. The zero-order valence-corrected chi connectivity index (χ0v) is 14.1. The Kier molecular flexibility index (Phi) is 4.10. The van der Waals surface area contributed by atoms with Gasteiger partial charge in [-0.1, -0.05) is 0 Å². The summed E-state index contributed by atoms with van der Waals surface area (Å²) >= 11 is 0. The third-order valence-electron chi connectivity index (χ3n) is 4.12. The fourth-order valence-electron chi connectivity index (χ4n) is 3.02. The van der Waals surface area contributed by atoms with Crippen LogP contribution in [-0.2, 0) is 0 Å². The molecule has 0 aliphatic carbocycles. The molecule has 1 unspecified atom stereocenters. The molecule has 1 aromatic carbocycles. The molecule has 4 aromatic rings. The van der Waals surface area contributed by atoms with Gasteiger partial charge in [0.2, 0.25) is 0 Å². The first-order valence-electron chi connectivity index (χ1n) is 8.25. The fraction of sp³-hybridized carbons (Fsp3) is 0.100. The number of fused-ring (bicyclic) bond motifs is 1. The van der Waals surface area contributed by atoms with Crippen molar-refractivity contribution in [2.24, 2.45) is 0 Å². The van der Waals surface area contributed by atoms with Gasteiger partial charge >= 0.3 is 0 Å². The Hall–Kier alpha value is -3.25. The second-order valence-corrected chi connectivity index (χ2v) is 6.03. The van der Waals surface area contributed by atoms with Gasteiger partial charge in [-0.25, -0.2) is 9.37 Å². The summed E-state index contributed by atoms with van der Waals surface area (Å²) in [6.07, 6.45) is 2.77. The van der Waals surface area contributed by atoms with Crippen molar-refractivity contribution in [2.45, 2.75) is 13.2 Å². The van der Waals surface area contributed by atoms with Crippen LogP contribution < -0.4 is 5.32 Å². The van der Waals surface area contributed by atoms with Crippen LogP contribution in [0.5, 0.6) is 0 Å². The molecule has 0 fully saturated rings. The first-order chi connectivity index (χ1) is 12.6. The number of aliphatic hydroxyl groups is 1. The molecule has 0 aliphatic heterocycles. The lowest BCUT2D eigenvalue weighted by atomic mass is 10.00. The topological polar surface area (TPSA) is 73.8 Å². The Labute approximate surface area is 149 Å². The van der Waals surface area contributed by atoms with Crippen molar-refractivity contribution in [1.29, 1.82) is 0 Å². The van der Waals surface area contributed by atoms with Gasteiger partial charge < -0.3 is 15.4 Å². The highest BCUT2D eigenvalue weighted by molar-refractivity contribution is 6.02. The Bertz CT molecular complexity index is 1040. The van der Waals surface area contributed by atoms with Crippen LogP contribution in [0.2, 0.25) is 0 Å². The van der Waals surface area contributed by atoms with Crippen LogP contribution in [0.15, 0.2) is 60.9 Å². The molecule has 0 aliphatic rings. The van der Waals surface area contributed by atoms with Crippen LogP contribution in [0.4, 0.5) is 10.2 Å². The van der Waals surface area contributed by atoms with Crippen LogP contribution >= 0.6 is 0 Å². The largest absolute Gasteiger partial charge is 0.374 e. The minimum Gasteiger partial charge on any atom is -0.374 e. The Balaban J connectivity index is 1.95. The van der Waals surface area contributed by atoms with Crippen molar-refractivity contribution in [3.05, 3.63) is 66.7 Å². The molecule has 5 nitrogen and oxygen atoms in total. The van der Waals surface area contributed by atoms with E-state index in [1.807, 2.05) is 24.3 Å². The standard InChI is InChI=1S/C20H17FN4O/c1-12(26)23-17-7-6-16-18(13-8-10-22-11-9-13)19(25-20(16)24-17)14-2-4-15(21)5-3-14/h2-12,26H,1H3,(H2,23,24,25). The molecule has 26 heavy (non-hydrogen) atoms. The quantitative estimate of drug-likeness (QED) is 0.484. The number of pyridine rings is 2. The molecule has 6 heteroatoms. The molecule has 3 heterocycles. The van der Waals surface area contributed by atoms with Crippen molar-refractivity contribution in [3.63, 3.8) is 0 Å². The Morgan fingerprint density at radius 1 is 1.00 bits per heavy atom. The van der Waals surface area contributed by atoms with Gasteiger partial charge in [0.15, 0.2) is 0 Å². The van der Waals surface area contributed by atoms with Crippen molar-refractivity contribution in [1.82, 2.24) is 15.0 Å². The number of anilines is 1. The monoisotopic (exact) mass is 348 g/mol. The first-order valence-corrected chi connectivity index (χ1v) is 8.25. The smallest absolute Gasteiger partial charge is 0.140 e. The lowest BCUT2D eigenvalue weighted by Gasteiger charge is -2.08. The van der Waals surface area contributed by atoms with E-state index < -0.39 is 6.23 Å². The molecule has 130 valence electrons. The van der Waals surface area contributed by atoms with Crippen LogP contribution in [-0.4, -0.2) is 26.3 Å². The third-order valence-corrected chi connectivity index (χ3v) is 4.12. The summed E-state index contributed by atoms with van der Waals surface area (Å²) in [4.78, 5) is 12.0. The molecule has 0 bridgehead atoms. The Morgan fingerprint density at radius 2 is 1.73 bits per heavy atom. The van der Waals surface area contributed by atoms with E-state index in [2.05, 4.69) is 20.3 Å². The summed E-state index contributed by atoms with van der Waals surface area (Å²) in [5.74, 6) is 0.289. The maximum Gasteiger partial charge on any atom is 0.140 e. The highest BCUT2D eigenvalue weighted by Gasteiger charge is 2.16. The van der Waals surface area contributed by atoms with E-state index in [4.69, 9.17) is 0 Å². The van der Waals surface area contributed by atoms with Crippen molar-refractivity contribution < 1.29 is 9.50 Å². The van der Waals surface area contributed by atoms with E-state index in [-0.39, 0.29) is 5.82 Å². The second-order valence-electron chi connectivity index (χ2n) is 6.03. The normalized spacial score (nSPS) is 12.3. The van der Waals surface area contributed by atoms with E-state index in [0.717, 1.165) is 27.8 Å². The number of rotatable bonds is 4. The average Bonchev–Trinajstić information content (AvgIpc) is 3.01. The number of H-pyrrole nitrogens is 1. The first kappa shape index (κ1) is 16.2. The zero-order chi connectivity index (χ0) is 18.1. The highest BCUT2D eigenvalue weighted by Crippen LogP contribution is 2.38. The van der Waals surface area contributed by atoms with Gasteiger partial charge in [-0.05, 0) is 66.6 Å².